The largest absolute Gasteiger partial charge is 1.00 e. The zero-order valence-corrected chi connectivity index (χ0v) is 22.6. The Kier molecular flexibility index (Phi) is 12.0. The molecule has 0 atom stereocenters. The Hall–Kier alpha value is -4.08. The number of carbonyl (C=O) groups excluding carboxylic acids is 1. The number of imidazole rings is 2. The van der Waals surface area contributed by atoms with E-state index >= 15 is 0 Å². The molecule has 0 fully saturated rings. The van der Waals surface area contributed by atoms with Crippen LogP contribution in [0, 0.1) is 27.0 Å². The van der Waals surface area contributed by atoms with Crippen molar-refractivity contribution in [2.45, 2.75) is 13.8 Å². The number of rotatable bonds is 4. The number of ether oxygens (including phenoxy) is 1. The molecule has 0 saturated heterocycles. The van der Waals surface area contributed by atoms with Gasteiger partial charge >= 0.3 is 42.7 Å². The summed E-state index contributed by atoms with van der Waals surface area (Å²) >= 11 is 12.0. The number of hydrogen-bond donors (Lipinski definition) is 3. The van der Waals surface area contributed by atoms with Crippen LogP contribution < -0.4 is 18.9 Å². The molecule has 0 radical (unpaired) electrons. The predicted octanol–water partition coefficient (Wildman–Crippen LogP) is 3.49. The van der Waals surface area contributed by atoms with Crippen LogP contribution in [0.4, 0.5) is 11.9 Å². The van der Waals surface area contributed by atoms with Gasteiger partial charge in [-0.05, 0) is 72.4 Å². The fourth-order valence-corrected chi connectivity index (χ4v) is 3.73. The van der Waals surface area contributed by atoms with Crippen molar-refractivity contribution in [2.24, 2.45) is 0 Å². The number of nitrogens with one attached hydrogen (secondary N) is 2. The van der Waals surface area contributed by atoms with E-state index in [2.05, 4.69) is 34.4 Å². The van der Waals surface area contributed by atoms with Gasteiger partial charge in [-0.15, -0.1) is 23.1 Å². The van der Waals surface area contributed by atoms with Crippen LogP contribution in [-0.2, 0) is 4.74 Å². The van der Waals surface area contributed by atoms with Gasteiger partial charge in [0.2, 0.25) is 0 Å². The van der Waals surface area contributed by atoms with Crippen molar-refractivity contribution in [1.82, 2.24) is 19.9 Å². The maximum Gasteiger partial charge on any atom is 1.00 e. The van der Waals surface area contributed by atoms with Crippen molar-refractivity contribution < 1.29 is 43.8 Å². The molecule has 2 aromatic heterocycles. The number of halogens is 2. The van der Waals surface area contributed by atoms with Crippen molar-refractivity contribution >= 4 is 47.0 Å². The average molecular weight is 561 g/mol. The van der Waals surface area contributed by atoms with E-state index < -0.39 is 11.9 Å². The summed E-state index contributed by atoms with van der Waals surface area (Å²) in [5, 5.41) is 9.46. The fraction of sp³-hybridized carbons (Fsp3) is 0.120. The SMILES string of the molecule is [C-]#[N+]c1nc(-c2cc(C(=O)O)ccc2C)c(Cl)[nH]1.[C-]#[N+]c1nc(-c2cc(C(=O)OC)ccc2C)c(Cl)[nH]1.[Li+].[OH-]. The molecule has 4 N–H and O–H groups in total. The Bertz CT molecular complexity index is 1600. The molecule has 0 bridgehead atoms. The van der Waals surface area contributed by atoms with Crippen LogP contribution in [0.2, 0.25) is 10.3 Å². The van der Waals surface area contributed by atoms with Crippen molar-refractivity contribution in [1.29, 1.82) is 0 Å². The molecular formula is C25H19Cl2LiN6O5. The van der Waals surface area contributed by atoms with Crippen molar-refractivity contribution in [3.63, 3.8) is 0 Å². The number of carboxylic acids is 1. The molecular weight excluding hydrogens is 542 g/mol. The van der Waals surface area contributed by atoms with Gasteiger partial charge in [0, 0.05) is 11.1 Å². The second-order valence-corrected chi connectivity index (χ2v) is 8.28. The molecule has 2 aromatic carbocycles. The molecule has 0 saturated carbocycles. The minimum Gasteiger partial charge on any atom is -0.870 e. The maximum absolute atomic E-state index is 11.5. The minimum absolute atomic E-state index is 0. The summed E-state index contributed by atoms with van der Waals surface area (Å²) in [6.45, 7) is 17.5. The van der Waals surface area contributed by atoms with Gasteiger partial charge < -0.3 is 25.0 Å². The quantitative estimate of drug-likeness (QED) is 0.195. The first kappa shape index (κ1) is 32.9. The van der Waals surface area contributed by atoms with E-state index in [1.165, 1.54) is 19.2 Å². The number of esters is 1. The van der Waals surface area contributed by atoms with Gasteiger partial charge in [0.25, 0.3) is 0 Å². The number of aromatic nitrogens is 4. The average Bonchev–Trinajstić information content (AvgIpc) is 3.46. The van der Waals surface area contributed by atoms with E-state index in [-0.39, 0.29) is 52.1 Å². The van der Waals surface area contributed by atoms with Crippen LogP contribution in [0.5, 0.6) is 0 Å². The van der Waals surface area contributed by atoms with E-state index in [1.807, 2.05) is 13.8 Å². The van der Waals surface area contributed by atoms with Gasteiger partial charge in [-0.25, -0.2) is 9.59 Å². The summed E-state index contributed by atoms with van der Waals surface area (Å²) in [4.78, 5) is 42.2. The summed E-state index contributed by atoms with van der Waals surface area (Å²) in [6, 6.07) is 9.79. The van der Waals surface area contributed by atoms with Gasteiger partial charge in [0.1, 0.15) is 0 Å². The number of aryl methyl sites for hydroxylation is 2. The fourth-order valence-electron chi connectivity index (χ4n) is 3.28. The molecule has 14 heteroatoms. The summed E-state index contributed by atoms with van der Waals surface area (Å²) in [6.07, 6.45) is 0. The van der Waals surface area contributed by atoms with Gasteiger partial charge in [0.05, 0.1) is 18.2 Å². The molecule has 0 spiro atoms. The molecule has 39 heavy (non-hydrogen) atoms. The number of benzene rings is 2. The van der Waals surface area contributed by atoms with Crippen LogP contribution >= 0.6 is 23.2 Å². The van der Waals surface area contributed by atoms with Crippen LogP contribution in [0.25, 0.3) is 32.2 Å². The van der Waals surface area contributed by atoms with Gasteiger partial charge in [0.15, 0.2) is 21.7 Å². The van der Waals surface area contributed by atoms with E-state index in [1.54, 1.807) is 24.3 Å². The van der Waals surface area contributed by atoms with E-state index in [4.69, 9.17) is 41.5 Å². The summed E-state index contributed by atoms with van der Waals surface area (Å²) in [7, 11) is 1.32. The summed E-state index contributed by atoms with van der Waals surface area (Å²) < 4.78 is 4.67. The number of methoxy groups -OCH3 is 1. The zero-order chi connectivity index (χ0) is 27.3. The molecule has 0 aliphatic rings. The number of carbonyl (C=O) groups is 2. The zero-order valence-electron chi connectivity index (χ0n) is 21.1. The molecule has 2 heterocycles. The van der Waals surface area contributed by atoms with E-state index in [0.717, 1.165) is 11.1 Å². The monoisotopic (exact) mass is 560 g/mol. The third-order valence-electron chi connectivity index (χ3n) is 5.16. The number of H-pyrrole nitrogens is 2. The molecule has 4 aromatic rings. The van der Waals surface area contributed by atoms with E-state index in [0.29, 0.717) is 28.1 Å². The Morgan fingerprint density at radius 3 is 1.64 bits per heavy atom. The second-order valence-electron chi connectivity index (χ2n) is 7.53. The summed E-state index contributed by atoms with van der Waals surface area (Å²) in [5.41, 5.74) is 4.44. The Morgan fingerprint density at radius 1 is 0.872 bits per heavy atom. The van der Waals surface area contributed by atoms with Crippen molar-refractivity contribution in [3.8, 4) is 22.5 Å². The van der Waals surface area contributed by atoms with Crippen LogP contribution in [0.1, 0.15) is 31.8 Å². The topological polar surface area (TPSA) is 160 Å². The predicted molar refractivity (Wildman–Crippen MR) is 140 cm³/mol. The van der Waals surface area contributed by atoms with Gasteiger partial charge in [-0.3, -0.25) is 9.97 Å². The number of aromatic amines is 2. The van der Waals surface area contributed by atoms with Crippen LogP contribution in [0.3, 0.4) is 0 Å². The second kappa shape index (κ2) is 14.2. The van der Waals surface area contributed by atoms with Crippen LogP contribution in [-0.4, -0.2) is 49.6 Å². The maximum atomic E-state index is 11.5. The number of carboxylic acid groups (broad SMARTS) is 1. The molecule has 4 rings (SSSR count). The molecule has 0 unspecified atom stereocenters. The minimum atomic E-state index is -1.02. The van der Waals surface area contributed by atoms with Crippen molar-refractivity contribution in [2.75, 3.05) is 7.11 Å². The van der Waals surface area contributed by atoms with Gasteiger partial charge in [-0.2, -0.15) is 0 Å². The normalized spacial score (nSPS) is 9.51. The standard InChI is InChI=1S/C13H10ClN3O2.C12H8ClN3O2.Li.H2O/c1-7-4-5-8(12(18)19-3)6-9(7)10-11(14)17-13(15-2)16-10;1-6-3-4-7(11(17)18)5-8(6)9-10(13)16-12(14-2)15-9;;/h4-6H,1,3H3,(H,16,17);3-5H,1H3,(H,15,16)(H,17,18);;1H2/q;;+1;/p-1. The van der Waals surface area contributed by atoms with Crippen molar-refractivity contribution in [3.05, 3.63) is 91.8 Å². The molecule has 11 nitrogen and oxygen atoms in total. The Balaban J connectivity index is 0.000000371. The number of hydrogen-bond acceptors (Lipinski definition) is 6. The van der Waals surface area contributed by atoms with Gasteiger partial charge in [-0.1, -0.05) is 12.1 Å². The molecule has 0 aliphatic carbocycles. The smallest absolute Gasteiger partial charge is 0.870 e. The third kappa shape index (κ3) is 7.49. The molecule has 0 amide bonds. The van der Waals surface area contributed by atoms with Crippen LogP contribution in [0.15, 0.2) is 36.4 Å². The number of aromatic carboxylic acids is 1. The first-order valence-corrected chi connectivity index (χ1v) is 11.1. The molecule has 0 aliphatic heterocycles. The Morgan fingerprint density at radius 2 is 1.28 bits per heavy atom. The Labute approximate surface area is 245 Å². The molecule has 194 valence electrons. The third-order valence-corrected chi connectivity index (χ3v) is 5.71. The first-order valence-electron chi connectivity index (χ1n) is 10.4. The summed E-state index contributed by atoms with van der Waals surface area (Å²) in [5.74, 6) is -1.26. The first-order chi connectivity index (χ1) is 17.6. The number of nitrogens with zero attached hydrogens (tertiary/aromatic N) is 4. The van der Waals surface area contributed by atoms with E-state index in [9.17, 15) is 9.59 Å².